The fourth-order valence-electron chi connectivity index (χ4n) is 3.35. The van der Waals surface area contributed by atoms with E-state index >= 15 is 0 Å². The Morgan fingerprint density at radius 2 is 1.96 bits per heavy atom. The highest BCUT2D eigenvalue weighted by Gasteiger charge is 2.25. The Balaban J connectivity index is 1.49. The molecule has 0 fully saturated rings. The normalized spacial score (nSPS) is 16.8. The van der Waals surface area contributed by atoms with Gasteiger partial charge in [0.15, 0.2) is 0 Å². The van der Waals surface area contributed by atoms with E-state index in [1.54, 1.807) is 13.3 Å². The van der Waals surface area contributed by atoms with Crippen LogP contribution in [-0.2, 0) is 24.1 Å². The smallest absolute Gasteiger partial charge is 0.228 e. The minimum atomic E-state index is 0.0453. The summed E-state index contributed by atoms with van der Waals surface area (Å²) in [7, 11) is 0. The van der Waals surface area contributed by atoms with Crippen molar-refractivity contribution in [3.63, 3.8) is 0 Å². The number of amides is 1. The minimum Gasteiger partial charge on any atom is -0.349 e. The summed E-state index contributed by atoms with van der Waals surface area (Å²) in [4.78, 5) is 25.7. The summed E-state index contributed by atoms with van der Waals surface area (Å²) in [5, 5.41) is 7.55. The maximum Gasteiger partial charge on any atom is 0.228 e. The standard InChI is InChI=1S/C17H20N6O2/c1-12-15(21-25-20-12)10-16(24)22-8-4-13-14(5-9-22)18-11-19-17(13)23-6-2-3-7-23/h2-3,11H,4-10H2,1H3. The second-order valence-electron chi connectivity index (χ2n) is 6.35. The van der Waals surface area contributed by atoms with Crippen LogP contribution in [-0.4, -0.2) is 57.3 Å². The largest absolute Gasteiger partial charge is 0.349 e. The first kappa shape index (κ1) is 15.7. The summed E-state index contributed by atoms with van der Waals surface area (Å²) < 4.78 is 4.68. The molecule has 2 aliphatic rings. The molecule has 0 atom stereocenters. The van der Waals surface area contributed by atoms with Crippen LogP contribution in [0.2, 0.25) is 0 Å². The Bertz CT molecular complexity index is 807. The van der Waals surface area contributed by atoms with E-state index in [4.69, 9.17) is 0 Å². The number of hydrogen-bond acceptors (Lipinski definition) is 7. The van der Waals surface area contributed by atoms with Crippen molar-refractivity contribution in [1.82, 2.24) is 25.2 Å². The van der Waals surface area contributed by atoms with Gasteiger partial charge >= 0.3 is 0 Å². The van der Waals surface area contributed by atoms with E-state index in [2.05, 4.69) is 42.0 Å². The Kier molecular flexibility index (Phi) is 4.17. The van der Waals surface area contributed by atoms with Crippen molar-refractivity contribution in [3.05, 3.63) is 41.1 Å². The fraction of sp³-hybridized carbons (Fsp3) is 0.471. The molecule has 8 heteroatoms. The number of carbonyl (C=O) groups is 1. The van der Waals surface area contributed by atoms with Gasteiger partial charge in [-0.05, 0) is 13.3 Å². The van der Waals surface area contributed by atoms with Gasteiger partial charge in [0.05, 0.1) is 12.1 Å². The molecule has 2 aromatic heterocycles. The Labute approximate surface area is 145 Å². The lowest BCUT2D eigenvalue weighted by Crippen LogP contribution is -2.34. The lowest BCUT2D eigenvalue weighted by molar-refractivity contribution is -0.130. The van der Waals surface area contributed by atoms with Gasteiger partial charge in [-0.15, -0.1) is 0 Å². The number of hydrogen-bond donors (Lipinski definition) is 0. The molecule has 2 aliphatic heterocycles. The third kappa shape index (κ3) is 3.11. The molecule has 130 valence electrons. The molecule has 2 aromatic rings. The SMILES string of the molecule is Cc1nonc1CC(=O)N1CCc2ncnc(N3CC=CC3)c2CC1. The van der Waals surface area contributed by atoms with Gasteiger partial charge in [0.1, 0.15) is 23.5 Å². The minimum absolute atomic E-state index is 0.0453. The summed E-state index contributed by atoms with van der Waals surface area (Å²) in [6.45, 7) is 4.88. The van der Waals surface area contributed by atoms with Crippen molar-refractivity contribution in [3.8, 4) is 0 Å². The van der Waals surface area contributed by atoms with Crippen LogP contribution in [0.15, 0.2) is 23.1 Å². The van der Waals surface area contributed by atoms with Crippen molar-refractivity contribution < 1.29 is 9.42 Å². The molecule has 0 aromatic carbocycles. The molecule has 0 spiro atoms. The highest BCUT2D eigenvalue weighted by Crippen LogP contribution is 2.25. The average molecular weight is 340 g/mol. The molecule has 4 rings (SSSR count). The van der Waals surface area contributed by atoms with Gasteiger partial charge < -0.3 is 9.80 Å². The first-order valence-corrected chi connectivity index (χ1v) is 8.51. The molecule has 0 bridgehead atoms. The lowest BCUT2D eigenvalue weighted by atomic mass is 10.1. The fourth-order valence-corrected chi connectivity index (χ4v) is 3.35. The highest BCUT2D eigenvalue weighted by atomic mass is 16.6. The molecule has 25 heavy (non-hydrogen) atoms. The van der Waals surface area contributed by atoms with Gasteiger partial charge in [0.2, 0.25) is 5.91 Å². The average Bonchev–Trinajstić information content (AvgIpc) is 3.22. The van der Waals surface area contributed by atoms with E-state index in [1.165, 1.54) is 5.56 Å². The van der Waals surface area contributed by atoms with E-state index in [0.717, 1.165) is 37.4 Å². The predicted octanol–water partition coefficient (Wildman–Crippen LogP) is 0.714. The zero-order valence-electron chi connectivity index (χ0n) is 14.2. The molecule has 0 saturated carbocycles. The van der Waals surface area contributed by atoms with Crippen molar-refractivity contribution in [2.75, 3.05) is 31.1 Å². The first-order chi connectivity index (χ1) is 12.2. The number of nitrogens with zero attached hydrogens (tertiary/aromatic N) is 6. The molecule has 1 amide bonds. The van der Waals surface area contributed by atoms with Crippen LogP contribution in [0.3, 0.4) is 0 Å². The Morgan fingerprint density at radius 3 is 2.72 bits per heavy atom. The Morgan fingerprint density at radius 1 is 1.16 bits per heavy atom. The molecular weight excluding hydrogens is 320 g/mol. The van der Waals surface area contributed by atoms with E-state index in [9.17, 15) is 4.79 Å². The van der Waals surface area contributed by atoms with Crippen LogP contribution >= 0.6 is 0 Å². The lowest BCUT2D eigenvalue weighted by Gasteiger charge is -2.21. The topological polar surface area (TPSA) is 88.2 Å². The third-order valence-corrected chi connectivity index (χ3v) is 4.80. The van der Waals surface area contributed by atoms with Crippen molar-refractivity contribution in [2.45, 2.75) is 26.2 Å². The summed E-state index contributed by atoms with van der Waals surface area (Å²) in [5.41, 5.74) is 3.49. The monoisotopic (exact) mass is 340 g/mol. The van der Waals surface area contributed by atoms with E-state index in [-0.39, 0.29) is 12.3 Å². The van der Waals surface area contributed by atoms with E-state index in [1.807, 2.05) is 4.90 Å². The third-order valence-electron chi connectivity index (χ3n) is 4.80. The molecule has 0 N–H and O–H groups in total. The molecule has 8 nitrogen and oxygen atoms in total. The van der Waals surface area contributed by atoms with Crippen LogP contribution < -0.4 is 4.90 Å². The van der Waals surface area contributed by atoms with Crippen LogP contribution in [0.5, 0.6) is 0 Å². The van der Waals surface area contributed by atoms with Crippen LogP contribution in [0.1, 0.15) is 22.6 Å². The summed E-state index contributed by atoms with van der Waals surface area (Å²) in [6.07, 6.45) is 7.66. The molecule has 0 unspecified atom stereocenters. The zero-order chi connectivity index (χ0) is 17.2. The molecule has 0 radical (unpaired) electrons. The molecular formula is C17H20N6O2. The molecule has 0 saturated heterocycles. The van der Waals surface area contributed by atoms with Crippen molar-refractivity contribution >= 4 is 11.7 Å². The highest BCUT2D eigenvalue weighted by molar-refractivity contribution is 5.78. The maximum atomic E-state index is 12.6. The first-order valence-electron chi connectivity index (χ1n) is 8.51. The maximum absolute atomic E-state index is 12.6. The van der Waals surface area contributed by atoms with Gasteiger partial charge in [-0.3, -0.25) is 4.79 Å². The number of aryl methyl sites for hydroxylation is 1. The quantitative estimate of drug-likeness (QED) is 0.761. The Hall–Kier alpha value is -2.77. The van der Waals surface area contributed by atoms with Crippen LogP contribution in [0, 0.1) is 6.92 Å². The number of anilines is 1. The molecule has 4 heterocycles. The van der Waals surface area contributed by atoms with Crippen LogP contribution in [0.25, 0.3) is 0 Å². The van der Waals surface area contributed by atoms with E-state index < -0.39 is 0 Å². The number of rotatable bonds is 3. The summed E-state index contributed by atoms with van der Waals surface area (Å²) in [6, 6.07) is 0. The summed E-state index contributed by atoms with van der Waals surface area (Å²) >= 11 is 0. The van der Waals surface area contributed by atoms with Gasteiger partial charge in [0, 0.05) is 38.2 Å². The van der Waals surface area contributed by atoms with Gasteiger partial charge in [-0.2, -0.15) is 0 Å². The number of carbonyl (C=O) groups excluding carboxylic acids is 1. The second-order valence-corrected chi connectivity index (χ2v) is 6.35. The zero-order valence-corrected chi connectivity index (χ0v) is 14.2. The van der Waals surface area contributed by atoms with Gasteiger partial charge in [-0.25, -0.2) is 14.6 Å². The number of aromatic nitrogens is 4. The second kappa shape index (κ2) is 6.62. The van der Waals surface area contributed by atoms with Crippen molar-refractivity contribution in [2.24, 2.45) is 0 Å². The van der Waals surface area contributed by atoms with Gasteiger partial charge in [-0.1, -0.05) is 22.5 Å². The predicted molar refractivity (Wildman–Crippen MR) is 90.1 cm³/mol. The summed E-state index contributed by atoms with van der Waals surface area (Å²) in [5.74, 6) is 1.05. The van der Waals surface area contributed by atoms with E-state index in [0.29, 0.717) is 24.5 Å². The van der Waals surface area contributed by atoms with Crippen LogP contribution in [0.4, 0.5) is 5.82 Å². The van der Waals surface area contributed by atoms with Crippen molar-refractivity contribution in [1.29, 1.82) is 0 Å². The molecule has 0 aliphatic carbocycles. The number of fused-ring (bicyclic) bond motifs is 1. The van der Waals surface area contributed by atoms with Gasteiger partial charge in [0.25, 0.3) is 0 Å².